The lowest BCUT2D eigenvalue weighted by molar-refractivity contribution is -0.00537. The maximum atomic E-state index is 12.8. The molecule has 146 valence electrons. The molecule has 0 unspecified atom stereocenters. The van der Waals surface area contributed by atoms with Gasteiger partial charge in [0.15, 0.2) is 0 Å². The summed E-state index contributed by atoms with van der Waals surface area (Å²) in [5.74, 6) is 0.746. The molecule has 0 radical (unpaired) electrons. The Morgan fingerprint density at radius 2 is 1.88 bits per heavy atom. The second-order valence-electron chi connectivity index (χ2n) is 8.00. The summed E-state index contributed by atoms with van der Waals surface area (Å²) in [5.41, 5.74) is 1.58. The van der Waals surface area contributed by atoms with Crippen molar-refractivity contribution in [2.24, 2.45) is 5.92 Å². The third kappa shape index (κ3) is 4.56. The van der Waals surface area contributed by atoms with Crippen LogP contribution < -0.4 is 10.3 Å². The molecule has 1 fully saturated rings. The molecule has 1 N–H and O–H groups in total. The van der Waals surface area contributed by atoms with Crippen LogP contribution in [0.25, 0.3) is 0 Å². The van der Waals surface area contributed by atoms with E-state index in [0.29, 0.717) is 25.0 Å². The first kappa shape index (κ1) is 19.6. The Morgan fingerprint density at radius 3 is 2.54 bits per heavy atom. The van der Waals surface area contributed by atoms with Crippen molar-refractivity contribution in [1.29, 1.82) is 0 Å². The van der Waals surface area contributed by atoms with Gasteiger partial charge in [-0.15, -0.1) is 0 Å². The molecule has 0 aromatic carbocycles. The van der Waals surface area contributed by atoms with Gasteiger partial charge < -0.3 is 9.30 Å². The smallest absolute Gasteiger partial charge is 0.254 e. The highest BCUT2D eigenvalue weighted by Gasteiger charge is 2.33. The second kappa shape index (κ2) is 7.82. The molecule has 7 heteroatoms. The Balaban J connectivity index is 1.83. The van der Waals surface area contributed by atoms with Gasteiger partial charge in [-0.1, -0.05) is 13.0 Å². The van der Waals surface area contributed by atoms with E-state index in [9.17, 15) is 13.2 Å². The van der Waals surface area contributed by atoms with Crippen LogP contribution in [0.15, 0.2) is 16.9 Å². The van der Waals surface area contributed by atoms with E-state index < -0.39 is 10.0 Å². The van der Waals surface area contributed by atoms with Crippen molar-refractivity contribution in [2.75, 3.05) is 12.9 Å². The molecule has 3 rings (SSSR count). The quantitative estimate of drug-likeness (QED) is 0.847. The fourth-order valence-electron chi connectivity index (χ4n) is 4.17. The SMILES string of the molecule is Cc1ccc2n(c1=O)[C@H](COC1CCC(C)CC1)[C@@H](NS(C)(=O)=O)CC2. The fourth-order valence-corrected chi connectivity index (χ4v) is 5.00. The van der Waals surface area contributed by atoms with Crippen molar-refractivity contribution in [3.05, 3.63) is 33.7 Å². The van der Waals surface area contributed by atoms with Crippen molar-refractivity contribution >= 4 is 10.0 Å². The molecule has 1 aromatic rings. The normalized spacial score (nSPS) is 29.3. The lowest BCUT2D eigenvalue weighted by Crippen LogP contribution is -2.49. The summed E-state index contributed by atoms with van der Waals surface area (Å²) < 4.78 is 34.3. The summed E-state index contributed by atoms with van der Waals surface area (Å²) in [7, 11) is -3.35. The number of rotatable bonds is 5. The molecule has 1 aromatic heterocycles. The molecular weight excluding hydrogens is 352 g/mol. The van der Waals surface area contributed by atoms with Gasteiger partial charge in [0.1, 0.15) is 0 Å². The average Bonchev–Trinajstić information content (AvgIpc) is 2.57. The minimum atomic E-state index is -3.35. The lowest BCUT2D eigenvalue weighted by Gasteiger charge is -2.36. The summed E-state index contributed by atoms with van der Waals surface area (Å²) in [6.45, 7) is 4.42. The third-order valence-electron chi connectivity index (χ3n) is 5.73. The first-order valence-electron chi connectivity index (χ1n) is 9.54. The molecule has 2 atom stereocenters. The Hall–Kier alpha value is -1.18. The van der Waals surface area contributed by atoms with Gasteiger partial charge in [-0.2, -0.15) is 0 Å². The van der Waals surface area contributed by atoms with Crippen molar-refractivity contribution in [3.63, 3.8) is 0 Å². The zero-order valence-electron chi connectivity index (χ0n) is 15.9. The number of hydrogen-bond acceptors (Lipinski definition) is 4. The molecule has 0 amide bonds. The van der Waals surface area contributed by atoms with E-state index in [0.717, 1.165) is 37.3 Å². The predicted molar refractivity (Wildman–Crippen MR) is 102 cm³/mol. The van der Waals surface area contributed by atoms with E-state index in [1.807, 2.05) is 12.1 Å². The van der Waals surface area contributed by atoms with E-state index in [1.54, 1.807) is 11.5 Å². The second-order valence-corrected chi connectivity index (χ2v) is 9.78. The van der Waals surface area contributed by atoms with Crippen LogP contribution in [-0.2, 0) is 21.2 Å². The molecule has 1 aliphatic carbocycles. The molecular formula is C19H30N2O4S. The molecule has 2 heterocycles. The summed E-state index contributed by atoms with van der Waals surface area (Å²) in [4.78, 5) is 12.8. The van der Waals surface area contributed by atoms with E-state index in [1.165, 1.54) is 6.26 Å². The van der Waals surface area contributed by atoms with Crippen LogP contribution in [0.2, 0.25) is 0 Å². The first-order chi connectivity index (χ1) is 12.2. The molecule has 0 spiro atoms. The summed E-state index contributed by atoms with van der Waals surface area (Å²) in [5, 5.41) is 0. The molecule has 6 nitrogen and oxygen atoms in total. The van der Waals surface area contributed by atoms with E-state index in [4.69, 9.17) is 4.74 Å². The van der Waals surface area contributed by atoms with Gasteiger partial charge in [-0.3, -0.25) is 4.79 Å². The number of fused-ring (bicyclic) bond motifs is 1. The number of pyridine rings is 1. The molecule has 0 bridgehead atoms. The Bertz CT molecular complexity index is 794. The van der Waals surface area contributed by atoms with Crippen LogP contribution in [0.4, 0.5) is 0 Å². The zero-order chi connectivity index (χ0) is 18.9. The highest BCUT2D eigenvalue weighted by atomic mass is 32.2. The molecule has 1 aliphatic heterocycles. The Labute approximate surface area is 156 Å². The Kier molecular flexibility index (Phi) is 5.89. The van der Waals surface area contributed by atoms with Crippen LogP contribution in [0.1, 0.15) is 56.3 Å². The summed E-state index contributed by atoms with van der Waals surface area (Å²) >= 11 is 0. The zero-order valence-corrected chi connectivity index (χ0v) is 16.7. The van der Waals surface area contributed by atoms with Gasteiger partial charge in [0.2, 0.25) is 10.0 Å². The van der Waals surface area contributed by atoms with Crippen LogP contribution in [0, 0.1) is 12.8 Å². The third-order valence-corrected chi connectivity index (χ3v) is 6.46. The van der Waals surface area contributed by atoms with E-state index in [-0.39, 0.29) is 23.7 Å². The van der Waals surface area contributed by atoms with Crippen LogP contribution in [-0.4, -0.2) is 38.0 Å². The maximum absolute atomic E-state index is 12.8. The first-order valence-corrected chi connectivity index (χ1v) is 11.4. The van der Waals surface area contributed by atoms with Gasteiger partial charge in [-0.25, -0.2) is 13.1 Å². The molecule has 1 saturated carbocycles. The molecule has 26 heavy (non-hydrogen) atoms. The highest BCUT2D eigenvalue weighted by molar-refractivity contribution is 7.88. The number of aromatic nitrogens is 1. The Morgan fingerprint density at radius 1 is 1.19 bits per heavy atom. The topological polar surface area (TPSA) is 77.4 Å². The van der Waals surface area contributed by atoms with Crippen LogP contribution in [0.5, 0.6) is 0 Å². The maximum Gasteiger partial charge on any atom is 0.254 e. The van der Waals surface area contributed by atoms with Crippen LogP contribution >= 0.6 is 0 Å². The number of hydrogen-bond donors (Lipinski definition) is 1. The standard InChI is InChI=1S/C19H30N2O4S/c1-13-4-9-16(10-5-13)25-12-18-17(20-26(3,23)24)11-8-15-7-6-14(2)19(22)21(15)18/h6-7,13,16-18,20H,4-5,8-12H2,1-3H3/t13?,16?,17-,18+/m0/s1. The minimum absolute atomic E-state index is 0.0478. The minimum Gasteiger partial charge on any atom is -0.376 e. The lowest BCUT2D eigenvalue weighted by atomic mass is 9.89. The van der Waals surface area contributed by atoms with Crippen molar-refractivity contribution < 1.29 is 13.2 Å². The molecule has 2 aliphatic rings. The van der Waals surface area contributed by atoms with Crippen LogP contribution in [0.3, 0.4) is 0 Å². The van der Waals surface area contributed by atoms with Gasteiger partial charge in [-0.05, 0) is 57.4 Å². The molecule has 0 saturated heterocycles. The monoisotopic (exact) mass is 382 g/mol. The van der Waals surface area contributed by atoms with Gasteiger partial charge in [0, 0.05) is 17.3 Å². The number of aryl methyl sites for hydroxylation is 2. The van der Waals surface area contributed by atoms with Gasteiger partial charge in [0.05, 0.1) is 25.0 Å². The number of nitrogens with zero attached hydrogens (tertiary/aromatic N) is 1. The van der Waals surface area contributed by atoms with E-state index in [2.05, 4.69) is 11.6 Å². The van der Waals surface area contributed by atoms with Crippen molar-refractivity contribution in [2.45, 2.75) is 70.6 Å². The van der Waals surface area contributed by atoms with Gasteiger partial charge in [0.25, 0.3) is 5.56 Å². The largest absolute Gasteiger partial charge is 0.376 e. The fraction of sp³-hybridized carbons (Fsp3) is 0.737. The van der Waals surface area contributed by atoms with Crippen molar-refractivity contribution in [1.82, 2.24) is 9.29 Å². The van der Waals surface area contributed by atoms with Crippen molar-refractivity contribution in [3.8, 4) is 0 Å². The highest BCUT2D eigenvalue weighted by Crippen LogP contribution is 2.29. The number of ether oxygens (including phenoxy) is 1. The summed E-state index contributed by atoms with van der Waals surface area (Å²) in [6, 6.07) is 3.20. The number of nitrogens with one attached hydrogen (secondary N) is 1. The summed E-state index contributed by atoms with van der Waals surface area (Å²) in [6.07, 6.45) is 7.12. The average molecular weight is 383 g/mol. The van der Waals surface area contributed by atoms with E-state index >= 15 is 0 Å². The van der Waals surface area contributed by atoms with Gasteiger partial charge >= 0.3 is 0 Å². The predicted octanol–water partition coefficient (Wildman–Crippen LogP) is 2.16. The number of sulfonamides is 1.